The summed E-state index contributed by atoms with van der Waals surface area (Å²) in [6.07, 6.45) is 3.00. The highest BCUT2D eigenvalue weighted by Crippen LogP contribution is 2.67. The Morgan fingerprint density at radius 2 is 1.71 bits per heavy atom. The van der Waals surface area contributed by atoms with Crippen LogP contribution < -0.4 is 0 Å². The van der Waals surface area contributed by atoms with Crippen molar-refractivity contribution in [2.24, 2.45) is 10.8 Å². The number of hydrogen-bond acceptors (Lipinski definition) is 2. The molecule has 0 aliphatic heterocycles. The Hall–Kier alpha value is -0.370. The Kier molecular flexibility index (Phi) is 1.75. The van der Waals surface area contributed by atoms with Crippen molar-refractivity contribution in [2.75, 3.05) is 14.1 Å². The van der Waals surface area contributed by atoms with Crippen LogP contribution in [0.2, 0.25) is 0 Å². The minimum Gasteiger partial charge on any atom is -0.303 e. The Morgan fingerprint density at radius 3 is 1.93 bits per heavy atom. The van der Waals surface area contributed by atoms with Crippen LogP contribution in [0.1, 0.15) is 40.0 Å². The van der Waals surface area contributed by atoms with Crippen molar-refractivity contribution < 1.29 is 4.79 Å². The van der Waals surface area contributed by atoms with Crippen molar-refractivity contribution in [3.63, 3.8) is 0 Å². The van der Waals surface area contributed by atoms with Crippen LogP contribution >= 0.6 is 0 Å². The summed E-state index contributed by atoms with van der Waals surface area (Å²) in [6, 6.07) is 0. The van der Waals surface area contributed by atoms with Crippen LogP contribution in [0, 0.1) is 10.8 Å². The average molecular weight is 195 g/mol. The van der Waals surface area contributed by atoms with E-state index in [-0.39, 0.29) is 16.4 Å². The van der Waals surface area contributed by atoms with E-state index >= 15 is 0 Å². The Bertz CT molecular complexity index is 295. The second-order valence-electron chi connectivity index (χ2n) is 5.98. The average Bonchev–Trinajstić information content (AvgIpc) is 2.34. The molecule has 2 aliphatic rings. The zero-order valence-corrected chi connectivity index (χ0v) is 9.98. The van der Waals surface area contributed by atoms with Gasteiger partial charge in [0.15, 0.2) is 0 Å². The molecule has 0 aromatic carbocycles. The maximum Gasteiger partial charge on any atom is 0.141 e. The molecule has 2 unspecified atom stereocenters. The standard InChI is InChI=1S/C12H21NO/c1-10(2)11(3)6-7-12(10,13(4)5)8-9(11)14/h6-8H2,1-5H3. The fourth-order valence-corrected chi connectivity index (χ4v) is 3.79. The van der Waals surface area contributed by atoms with Crippen LogP contribution in [0.3, 0.4) is 0 Å². The molecule has 2 saturated carbocycles. The van der Waals surface area contributed by atoms with Crippen molar-refractivity contribution in [1.29, 1.82) is 0 Å². The van der Waals surface area contributed by atoms with Crippen molar-refractivity contribution in [1.82, 2.24) is 4.90 Å². The number of ketones is 1. The minimum atomic E-state index is -0.0722. The van der Waals surface area contributed by atoms with Gasteiger partial charge >= 0.3 is 0 Å². The molecule has 0 saturated heterocycles. The van der Waals surface area contributed by atoms with Crippen LogP contribution in [0.15, 0.2) is 0 Å². The molecule has 2 atom stereocenters. The first kappa shape index (κ1) is 10.2. The van der Waals surface area contributed by atoms with Crippen LogP contribution in [0.4, 0.5) is 0 Å². The van der Waals surface area contributed by atoms with Crippen molar-refractivity contribution in [3.8, 4) is 0 Å². The van der Waals surface area contributed by atoms with Crippen LogP contribution in [-0.4, -0.2) is 30.3 Å². The molecule has 0 amide bonds. The first-order valence-corrected chi connectivity index (χ1v) is 5.49. The molecule has 2 heteroatoms. The molecule has 2 nitrogen and oxygen atoms in total. The van der Waals surface area contributed by atoms with E-state index in [1.165, 1.54) is 6.42 Å². The third-order valence-electron chi connectivity index (χ3n) is 5.51. The van der Waals surface area contributed by atoms with E-state index in [0.717, 1.165) is 12.8 Å². The second kappa shape index (κ2) is 2.41. The van der Waals surface area contributed by atoms with Gasteiger partial charge in [-0.2, -0.15) is 0 Å². The number of carbonyl (C=O) groups is 1. The molecule has 2 fully saturated rings. The zero-order chi connectivity index (χ0) is 10.8. The van der Waals surface area contributed by atoms with Gasteiger partial charge in [-0.3, -0.25) is 4.79 Å². The zero-order valence-electron chi connectivity index (χ0n) is 9.98. The smallest absolute Gasteiger partial charge is 0.141 e. The van der Waals surface area contributed by atoms with Gasteiger partial charge in [-0.15, -0.1) is 0 Å². The Morgan fingerprint density at radius 1 is 1.14 bits per heavy atom. The number of rotatable bonds is 1. The fourth-order valence-electron chi connectivity index (χ4n) is 3.79. The van der Waals surface area contributed by atoms with Gasteiger partial charge in [0.2, 0.25) is 0 Å². The molecular formula is C12H21NO. The Labute approximate surface area is 86.7 Å². The number of nitrogens with zero attached hydrogens (tertiary/aromatic N) is 1. The van der Waals surface area contributed by atoms with Crippen LogP contribution in [0.25, 0.3) is 0 Å². The van der Waals surface area contributed by atoms with Gasteiger partial charge in [0, 0.05) is 17.4 Å². The Balaban J connectivity index is 2.54. The van der Waals surface area contributed by atoms with Gasteiger partial charge in [0.1, 0.15) is 5.78 Å². The summed E-state index contributed by atoms with van der Waals surface area (Å²) in [4.78, 5) is 14.3. The van der Waals surface area contributed by atoms with E-state index in [4.69, 9.17) is 0 Å². The van der Waals surface area contributed by atoms with Gasteiger partial charge in [-0.05, 0) is 32.4 Å². The molecule has 2 rings (SSSR count). The normalized spacial score (nSPS) is 45.1. The molecule has 80 valence electrons. The van der Waals surface area contributed by atoms with E-state index in [9.17, 15) is 4.79 Å². The van der Waals surface area contributed by atoms with Crippen molar-refractivity contribution >= 4 is 5.78 Å². The molecule has 0 spiro atoms. The molecule has 0 aromatic heterocycles. The highest BCUT2D eigenvalue weighted by Gasteiger charge is 2.70. The first-order valence-electron chi connectivity index (χ1n) is 5.49. The number of Topliss-reactive ketones (excluding diaryl/α,β-unsaturated/α-hetero) is 1. The highest BCUT2D eigenvalue weighted by molar-refractivity contribution is 5.91. The van der Waals surface area contributed by atoms with E-state index in [1.54, 1.807) is 0 Å². The summed E-state index contributed by atoms with van der Waals surface area (Å²) in [6.45, 7) is 6.70. The third-order valence-corrected chi connectivity index (χ3v) is 5.51. The van der Waals surface area contributed by atoms with E-state index in [2.05, 4.69) is 39.8 Å². The summed E-state index contributed by atoms with van der Waals surface area (Å²) < 4.78 is 0. The minimum absolute atomic E-state index is 0.0722. The topological polar surface area (TPSA) is 20.3 Å². The van der Waals surface area contributed by atoms with Crippen molar-refractivity contribution in [2.45, 2.75) is 45.6 Å². The predicted molar refractivity (Wildman–Crippen MR) is 57.2 cm³/mol. The summed E-state index contributed by atoms with van der Waals surface area (Å²) >= 11 is 0. The molecule has 0 heterocycles. The predicted octanol–water partition coefficient (Wildman–Crippen LogP) is 2.09. The molecule has 2 aliphatic carbocycles. The monoisotopic (exact) mass is 195 g/mol. The van der Waals surface area contributed by atoms with Crippen molar-refractivity contribution in [3.05, 3.63) is 0 Å². The number of carbonyl (C=O) groups excluding carboxylic acids is 1. The number of fused-ring (bicyclic) bond motifs is 2. The summed E-state index contributed by atoms with van der Waals surface area (Å²) in [5.41, 5.74) is 0.177. The lowest BCUT2D eigenvalue weighted by Crippen LogP contribution is -2.50. The van der Waals surface area contributed by atoms with Crippen LogP contribution in [-0.2, 0) is 4.79 Å². The lowest BCUT2D eigenvalue weighted by Gasteiger charge is -2.44. The third kappa shape index (κ3) is 0.758. The van der Waals surface area contributed by atoms with Gasteiger partial charge in [-0.1, -0.05) is 20.8 Å². The molecule has 0 aromatic rings. The van der Waals surface area contributed by atoms with Crippen LogP contribution in [0.5, 0.6) is 0 Å². The summed E-state index contributed by atoms with van der Waals surface area (Å²) in [7, 11) is 4.23. The lowest BCUT2D eigenvalue weighted by atomic mass is 9.68. The van der Waals surface area contributed by atoms with Gasteiger partial charge < -0.3 is 4.90 Å². The molecule has 0 radical (unpaired) electrons. The molecule has 0 N–H and O–H groups in total. The summed E-state index contributed by atoms with van der Waals surface area (Å²) in [5.74, 6) is 0.474. The second-order valence-corrected chi connectivity index (χ2v) is 5.98. The molecule has 14 heavy (non-hydrogen) atoms. The van der Waals surface area contributed by atoms with Gasteiger partial charge in [-0.25, -0.2) is 0 Å². The van der Waals surface area contributed by atoms with E-state index in [0.29, 0.717) is 5.78 Å². The highest BCUT2D eigenvalue weighted by atomic mass is 16.1. The lowest BCUT2D eigenvalue weighted by molar-refractivity contribution is -0.128. The molecule has 2 bridgehead atoms. The van der Waals surface area contributed by atoms with E-state index in [1.807, 2.05) is 0 Å². The SMILES string of the molecule is CN(C)C12CCC(C)(C(=O)C1)C2(C)C. The van der Waals surface area contributed by atoms with E-state index < -0.39 is 0 Å². The summed E-state index contributed by atoms with van der Waals surface area (Å²) in [5, 5.41) is 0. The molecular weight excluding hydrogens is 174 g/mol. The first-order chi connectivity index (χ1) is 6.28. The largest absolute Gasteiger partial charge is 0.303 e. The van der Waals surface area contributed by atoms with Gasteiger partial charge in [0.05, 0.1) is 0 Å². The quantitative estimate of drug-likeness (QED) is 0.638. The van der Waals surface area contributed by atoms with Gasteiger partial charge in [0.25, 0.3) is 0 Å². The fraction of sp³-hybridized carbons (Fsp3) is 0.917. The maximum atomic E-state index is 12.1. The maximum absolute atomic E-state index is 12.1. The number of hydrogen-bond donors (Lipinski definition) is 0.